The molecule has 0 amide bonds. The maximum Gasteiger partial charge on any atom is 0.0644 e. The quantitative estimate of drug-likeness (QED) is 0.762. The fourth-order valence-electron chi connectivity index (χ4n) is 2.15. The molecule has 0 aromatic heterocycles. The lowest BCUT2D eigenvalue weighted by atomic mass is 10.1. The molecule has 1 aliphatic heterocycles. The molecule has 19 heavy (non-hydrogen) atoms. The summed E-state index contributed by atoms with van der Waals surface area (Å²) < 4.78 is 5.37. The van der Waals surface area contributed by atoms with Crippen LogP contribution in [0.5, 0.6) is 0 Å². The van der Waals surface area contributed by atoms with Gasteiger partial charge in [-0.3, -0.25) is 4.90 Å². The van der Waals surface area contributed by atoms with Gasteiger partial charge in [-0.1, -0.05) is 24.0 Å². The van der Waals surface area contributed by atoms with Crippen LogP contribution in [0.3, 0.4) is 0 Å². The zero-order chi connectivity index (χ0) is 13.5. The van der Waals surface area contributed by atoms with Gasteiger partial charge in [-0.05, 0) is 17.7 Å². The van der Waals surface area contributed by atoms with Crippen molar-refractivity contribution in [3.05, 3.63) is 35.4 Å². The summed E-state index contributed by atoms with van der Waals surface area (Å²) in [5.41, 5.74) is 7.55. The van der Waals surface area contributed by atoms with Crippen molar-refractivity contribution in [2.24, 2.45) is 5.73 Å². The lowest BCUT2D eigenvalue weighted by molar-refractivity contribution is -0.0312. The fourth-order valence-corrected chi connectivity index (χ4v) is 2.15. The van der Waals surface area contributed by atoms with E-state index in [2.05, 4.69) is 28.9 Å². The van der Waals surface area contributed by atoms with Gasteiger partial charge in [0.15, 0.2) is 0 Å². The zero-order valence-electron chi connectivity index (χ0n) is 11.0. The Morgan fingerprint density at radius 2 is 2.16 bits per heavy atom. The monoisotopic (exact) mass is 260 g/mol. The third-order valence-corrected chi connectivity index (χ3v) is 3.23. The summed E-state index contributed by atoms with van der Waals surface area (Å²) >= 11 is 0. The van der Waals surface area contributed by atoms with Crippen molar-refractivity contribution in [2.45, 2.75) is 12.6 Å². The smallest absolute Gasteiger partial charge is 0.0644 e. The highest BCUT2D eigenvalue weighted by atomic mass is 16.5. The predicted octanol–water partition coefficient (Wildman–Crippen LogP) is 0.190. The first-order valence-corrected chi connectivity index (χ1v) is 6.54. The number of ether oxygens (including phenoxy) is 1. The summed E-state index contributed by atoms with van der Waals surface area (Å²) in [5.74, 6) is 5.85. The molecular formula is C15H20N2O2. The molecule has 0 spiro atoms. The molecule has 3 N–H and O–H groups in total. The Morgan fingerprint density at radius 3 is 2.84 bits per heavy atom. The molecule has 0 radical (unpaired) electrons. The Kier molecular flexibility index (Phi) is 5.37. The van der Waals surface area contributed by atoms with Crippen molar-refractivity contribution < 1.29 is 9.84 Å². The molecule has 2 rings (SSSR count). The number of nitrogens with two attached hydrogens (primary N) is 1. The fraction of sp³-hybridized carbons (Fsp3) is 0.467. The van der Waals surface area contributed by atoms with Gasteiger partial charge in [-0.25, -0.2) is 0 Å². The van der Waals surface area contributed by atoms with E-state index in [1.54, 1.807) is 0 Å². The van der Waals surface area contributed by atoms with E-state index in [-0.39, 0.29) is 12.6 Å². The first kappa shape index (κ1) is 14.0. The van der Waals surface area contributed by atoms with Crippen LogP contribution in [-0.4, -0.2) is 49.0 Å². The molecule has 0 bridgehead atoms. The van der Waals surface area contributed by atoms with Crippen molar-refractivity contribution in [3.8, 4) is 11.8 Å². The molecule has 0 saturated carbocycles. The maximum absolute atomic E-state index is 9.33. The van der Waals surface area contributed by atoms with E-state index in [1.807, 2.05) is 12.1 Å². The number of morpholine rings is 1. The molecular weight excluding hydrogens is 240 g/mol. The molecule has 1 aliphatic rings. The van der Waals surface area contributed by atoms with E-state index < -0.39 is 0 Å². The van der Waals surface area contributed by atoms with Gasteiger partial charge in [0.1, 0.15) is 0 Å². The second-order valence-corrected chi connectivity index (χ2v) is 4.58. The molecule has 1 aromatic carbocycles. The van der Waals surface area contributed by atoms with Crippen molar-refractivity contribution in [1.82, 2.24) is 4.90 Å². The summed E-state index contributed by atoms with van der Waals surface area (Å²) in [5, 5.41) is 9.33. The van der Waals surface area contributed by atoms with E-state index in [4.69, 9.17) is 10.5 Å². The van der Waals surface area contributed by atoms with Gasteiger partial charge in [0.2, 0.25) is 0 Å². The third kappa shape index (κ3) is 4.05. The van der Waals surface area contributed by atoms with Gasteiger partial charge < -0.3 is 15.6 Å². The summed E-state index contributed by atoms with van der Waals surface area (Å²) in [4.78, 5) is 2.25. The second-order valence-electron chi connectivity index (χ2n) is 4.58. The Morgan fingerprint density at radius 1 is 1.37 bits per heavy atom. The summed E-state index contributed by atoms with van der Waals surface area (Å²) in [7, 11) is 0. The minimum absolute atomic E-state index is 0.102. The number of hydrogen-bond acceptors (Lipinski definition) is 4. The van der Waals surface area contributed by atoms with Crippen LogP contribution >= 0.6 is 0 Å². The average molecular weight is 260 g/mol. The Labute approximate surface area is 114 Å². The Hall–Kier alpha value is -1.38. The average Bonchev–Trinajstić information content (AvgIpc) is 2.47. The SMILES string of the molecule is NCC#Cc1ccc(CN2CCOCC2CO)cc1. The van der Waals surface area contributed by atoms with Crippen molar-refractivity contribution >= 4 is 0 Å². The van der Waals surface area contributed by atoms with Crippen molar-refractivity contribution in [1.29, 1.82) is 0 Å². The Balaban J connectivity index is 1.98. The highest BCUT2D eigenvalue weighted by Crippen LogP contribution is 2.12. The van der Waals surface area contributed by atoms with Crippen LogP contribution in [0, 0.1) is 11.8 Å². The van der Waals surface area contributed by atoms with Gasteiger partial charge in [-0.15, -0.1) is 0 Å². The number of aliphatic hydroxyl groups is 1. The first-order chi connectivity index (χ1) is 9.33. The third-order valence-electron chi connectivity index (χ3n) is 3.23. The molecule has 1 unspecified atom stereocenters. The van der Waals surface area contributed by atoms with E-state index >= 15 is 0 Å². The minimum Gasteiger partial charge on any atom is -0.395 e. The largest absolute Gasteiger partial charge is 0.395 e. The van der Waals surface area contributed by atoms with Crippen LogP contribution in [-0.2, 0) is 11.3 Å². The van der Waals surface area contributed by atoms with Gasteiger partial charge in [-0.2, -0.15) is 0 Å². The van der Waals surface area contributed by atoms with Gasteiger partial charge in [0, 0.05) is 18.7 Å². The number of rotatable bonds is 3. The Bertz CT molecular complexity index is 447. The standard InChI is InChI=1S/C15H20N2O2/c16-7-1-2-13-3-5-14(6-4-13)10-17-8-9-19-12-15(17)11-18/h3-6,15,18H,7-12,16H2. The van der Waals surface area contributed by atoms with Crippen molar-refractivity contribution in [2.75, 3.05) is 32.9 Å². The van der Waals surface area contributed by atoms with Crippen LogP contribution in [0.1, 0.15) is 11.1 Å². The molecule has 4 nitrogen and oxygen atoms in total. The number of aliphatic hydroxyl groups excluding tert-OH is 1. The van der Waals surface area contributed by atoms with E-state index in [1.165, 1.54) is 5.56 Å². The minimum atomic E-state index is 0.102. The highest BCUT2D eigenvalue weighted by molar-refractivity contribution is 5.36. The summed E-state index contributed by atoms with van der Waals surface area (Å²) in [6.07, 6.45) is 0. The van der Waals surface area contributed by atoms with Crippen LogP contribution < -0.4 is 5.73 Å². The normalized spacial score (nSPS) is 19.8. The number of hydrogen-bond donors (Lipinski definition) is 2. The van der Waals surface area contributed by atoms with Gasteiger partial charge >= 0.3 is 0 Å². The summed E-state index contributed by atoms with van der Waals surface area (Å²) in [6, 6.07) is 8.26. The lowest BCUT2D eigenvalue weighted by Gasteiger charge is -2.34. The van der Waals surface area contributed by atoms with Crippen molar-refractivity contribution in [3.63, 3.8) is 0 Å². The van der Waals surface area contributed by atoms with Crippen LogP contribution in [0.15, 0.2) is 24.3 Å². The van der Waals surface area contributed by atoms with Gasteiger partial charge in [0.25, 0.3) is 0 Å². The predicted molar refractivity (Wildman–Crippen MR) is 74.5 cm³/mol. The lowest BCUT2D eigenvalue weighted by Crippen LogP contribution is -2.46. The molecule has 1 fully saturated rings. The number of nitrogens with zero attached hydrogens (tertiary/aromatic N) is 1. The zero-order valence-corrected chi connectivity index (χ0v) is 11.0. The first-order valence-electron chi connectivity index (χ1n) is 6.54. The second kappa shape index (κ2) is 7.27. The molecule has 0 aliphatic carbocycles. The molecule has 1 aromatic rings. The molecule has 1 heterocycles. The topological polar surface area (TPSA) is 58.7 Å². The highest BCUT2D eigenvalue weighted by Gasteiger charge is 2.21. The molecule has 1 saturated heterocycles. The molecule has 1 atom stereocenters. The van der Waals surface area contributed by atoms with Crippen LogP contribution in [0.2, 0.25) is 0 Å². The maximum atomic E-state index is 9.33. The number of benzene rings is 1. The van der Waals surface area contributed by atoms with E-state index in [0.717, 1.165) is 25.3 Å². The molecule has 102 valence electrons. The summed E-state index contributed by atoms with van der Waals surface area (Å²) in [6.45, 7) is 3.56. The molecule has 4 heteroatoms. The van der Waals surface area contributed by atoms with Gasteiger partial charge in [0.05, 0.1) is 32.4 Å². The van der Waals surface area contributed by atoms with E-state index in [0.29, 0.717) is 13.2 Å². The van der Waals surface area contributed by atoms with Crippen LogP contribution in [0.4, 0.5) is 0 Å². The van der Waals surface area contributed by atoms with E-state index in [9.17, 15) is 5.11 Å². The van der Waals surface area contributed by atoms with Crippen LogP contribution in [0.25, 0.3) is 0 Å².